The van der Waals surface area contributed by atoms with Crippen molar-refractivity contribution in [3.8, 4) is 5.75 Å². The molecule has 1 aliphatic carbocycles. The van der Waals surface area contributed by atoms with Crippen molar-refractivity contribution >= 4 is 41.3 Å². The van der Waals surface area contributed by atoms with E-state index in [0.717, 1.165) is 30.4 Å². The lowest BCUT2D eigenvalue weighted by molar-refractivity contribution is 0.208. The van der Waals surface area contributed by atoms with Gasteiger partial charge in [-0.05, 0) is 45.6 Å². The van der Waals surface area contributed by atoms with Gasteiger partial charge < -0.3 is 15.4 Å². The second kappa shape index (κ2) is 11.6. The number of hydrogen-bond donors (Lipinski definition) is 2. The van der Waals surface area contributed by atoms with Crippen LogP contribution in [0.1, 0.15) is 46.8 Å². The Balaban J connectivity index is 0.00000280. The molecule has 28 heavy (non-hydrogen) atoms. The number of benzene rings is 1. The van der Waals surface area contributed by atoms with Crippen molar-refractivity contribution in [1.29, 1.82) is 0 Å². The average Bonchev–Trinajstić information content (AvgIpc) is 3.29. The molecule has 0 bridgehead atoms. The first-order valence-electron chi connectivity index (χ1n) is 9.77. The molecule has 0 spiro atoms. The van der Waals surface area contributed by atoms with Crippen molar-refractivity contribution in [2.24, 2.45) is 4.99 Å². The summed E-state index contributed by atoms with van der Waals surface area (Å²) >= 11 is 1.77. The van der Waals surface area contributed by atoms with E-state index in [4.69, 9.17) is 4.74 Å². The minimum atomic E-state index is 0. The van der Waals surface area contributed by atoms with Crippen LogP contribution in [0.5, 0.6) is 5.75 Å². The highest BCUT2D eigenvalue weighted by atomic mass is 127. The van der Waals surface area contributed by atoms with E-state index in [1.54, 1.807) is 18.4 Å². The van der Waals surface area contributed by atoms with Crippen molar-refractivity contribution in [3.63, 3.8) is 0 Å². The molecule has 0 amide bonds. The van der Waals surface area contributed by atoms with Crippen molar-refractivity contribution < 1.29 is 4.74 Å². The van der Waals surface area contributed by atoms with Crippen LogP contribution in [-0.2, 0) is 13.0 Å². The summed E-state index contributed by atoms with van der Waals surface area (Å²) in [7, 11) is 1.80. The molecule has 0 atom stereocenters. The van der Waals surface area contributed by atoms with Crippen molar-refractivity contribution in [1.82, 2.24) is 15.6 Å². The van der Waals surface area contributed by atoms with Crippen molar-refractivity contribution in [2.75, 3.05) is 13.6 Å². The number of aromatic nitrogens is 1. The van der Waals surface area contributed by atoms with Crippen LogP contribution < -0.4 is 15.4 Å². The molecule has 1 fully saturated rings. The Labute approximate surface area is 189 Å². The molecule has 1 aliphatic rings. The molecule has 1 heterocycles. The zero-order chi connectivity index (χ0) is 19.1. The highest BCUT2D eigenvalue weighted by Gasteiger charge is 2.17. The van der Waals surface area contributed by atoms with E-state index in [2.05, 4.69) is 52.7 Å². The molecule has 7 heteroatoms. The zero-order valence-corrected chi connectivity index (χ0v) is 20.1. The molecule has 0 unspecified atom stereocenters. The SMILES string of the molecule is CN=C(NCCc1nc(C)c(C)s1)NCc1ccccc1OC1CCCC1.I. The Bertz CT molecular complexity index is 752. The van der Waals surface area contributed by atoms with E-state index < -0.39 is 0 Å². The maximum atomic E-state index is 6.22. The molecule has 5 nitrogen and oxygen atoms in total. The molecule has 1 saturated carbocycles. The van der Waals surface area contributed by atoms with Crippen LogP contribution in [0.4, 0.5) is 0 Å². The summed E-state index contributed by atoms with van der Waals surface area (Å²) in [5, 5.41) is 7.94. The molecule has 154 valence electrons. The Morgan fingerprint density at radius 1 is 1.21 bits per heavy atom. The smallest absolute Gasteiger partial charge is 0.191 e. The van der Waals surface area contributed by atoms with Gasteiger partial charge in [0.2, 0.25) is 0 Å². The number of para-hydroxylation sites is 1. The number of halogens is 1. The van der Waals surface area contributed by atoms with Crippen LogP contribution in [0.3, 0.4) is 0 Å². The van der Waals surface area contributed by atoms with E-state index in [-0.39, 0.29) is 24.0 Å². The highest BCUT2D eigenvalue weighted by molar-refractivity contribution is 14.0. The number of aryl methyl sites for hydroxylation is 2. The second-order valence-electron chi connectivity index (χ2n) is 6.98. The van der Waals surface area contributed by atoms with Gasteiger partial charge in [-0.2, -0.15) is 0 Å². The van der Waals surface area contributed by atoms with E-state index in [1.807, 2.05) is 6.07 Å². The number of guanidine groups is 1. The molecule has 0 aliphatic heterocycles. The fourth-order valence-electron chi connectivity index (χ4n) is 3.28. The van der Waals surface area contributed by atoms with Crippen LogP contribution in [0, 0.1) is 13.8 Å². The number of nitrogens with one attached hydrogen (secondary N) is 2. The number of ether oxygens (including phenoxy) is 1. The predicted molar refractivity (Wildman–Crippen MR) is 128 cm³/mol. The number of thiazole rings is 1. The molecule has 0 radical (unpaired) electrons. The fraction of sp³-hybridized carbons (Fsp3) is 0.524. The molecule has 0 saturated heterocycles. The van der Waals surface area contributed by atoms with Gasteiger partial charge in [0.1, 0.15) is 5.75 Å². The Kier molecular flexibility index (Phi) is 9.50. The van der Waals surface area contributed by atoms with Crippen molar-refractivity contribution in [3.05, 3.63) is 45.4 Å². The number of aliphatic imine (C=N–C) groups is 1. The lowest BCUT2D eigenvalue weighted by Crippen LogP contribution is -2.38. The van der Waals surface area contributed by atoms with E-state index in [9.17, 15) is 0 Å². The van der Waals surface area contributed by atoms with E-state index in [1.165, 1.54) is 41.1 Å². The monoisotopic (exact) mass is 514 g/mol. The van der Waals surface area contributed by atoms with Crippen LogP contribution in [0.2, 0.25) is 0 Å². The van der Waals surface area contributed by atoms with Crippen molar-refractivity contribution in [2.45, 2.75) is 58.6 Å². The van der Waals surface area contributed by atoms with Gasteiger partial charge in [0.05, 0.1) is 16.8 Å². The molecule has 1 aromatic heterocycles. The molecular formula is C21H31IN4OS. The maximum Gasteiger partial charge on any atom is 0.191 e. The summed E-state index contributed by atoms with van der Waals surface area (Å²) in [6.45, 7) is 5.69. The summed E-state index contributed by atoms with van der Waals surface area (Å²) in [5.74, 6) is 1.79. The first-order chi connectivity index (χ1) is 13.2. The maximum absolute atomic E-state index is 6.22. The summed E-state index contributed by atoms with van der Waals surface area (Å²) in [5.41, 5.74) is 2.30. The quantitative estimate of drug-likeness (QED) is 0.322. The minimum absolute atomic E-state index is 0. The van der Waals surface area contributed by atoms with E-state index in [0.29, 0.717) is 12.6 Å². The lowest BCUT2D eigenvalue weighted by atomic mass is 10.2. The van der Waals surface area contributed by atoms with Gasteiger partial charge in [-0.15, -0.1) is 35.3 Å². The normalized spacial score (nSPS) is 14.6. The van der Waals surface area contributed by atoms with Gasteiger partial charge in [-0.3, -0.25) is 4.99 Å². The molecule has 2 aromatic rings. The van der Waals surface area contributed by atoms with Crippen LogP contribution in [0.25, 0.3) is 0 Å². The summed E-state index contributed by atoms with van der Waals surface area (Å²) in [6.07, 6.45) is 6.16. The van der Waals surface area contributed by atoms with Gasteiger partial charge in [0, 0.05) is 37.0 Å². The number of hydrogen-bond acceptors (Lipinski definition) is 4. The standard InChI is InChI=1S/C21H30N4OS.HI/c1-15-16(2)27-20(25-15)12-13-23-21(22-3)24-14-17-8-4-7-11-19(17)26-18-9-5-6-10-18;/h4,7-8,11,18H,5-6,9-10,12-14H2,1-3H3,(H2,22,23,24);1H. The summed E-state index contributed by atoms with van der Waals surface area (Å²) in [6, 6.07) is 8.28. The topological polar surface area (TPSA) is 58.5 Å². The molecule has 1 aromatic carbocycles. The van der Waals surface area contributed by atoms with Gasteiger partial charge in [-0.1, -0.05) is 18.2 Å². The first kappa shape index (κ1) is 22.9. The summed E-state index contributed by atoms with van der Waals surface area (Å²) < 4.78 is 6.22. The van der Waals surface area contributed by atoms with E-state index >= 15 is 0 Å². The Hall–Kier alpha value is -1.35. The Morgan fingerprint density at radius 3 is 2.64 bits per heavy atom. The highest BCUT2D eigenvalue weighted by Crippen LogP contribution is 2.26. The number of nitrogens with zero attached hydrogens (tertiary/aromatic N) is 2. The molecular weight excluding hydrogens is 483 g/mol. The third-order valence-electron chi connectivity index (χ3n) is 4.94. The summed E-state index contributed by atoms with van der Waals surface area (Å²) in [4.78, 5) is 10.2. The first-order valence-corrected chi connectivity index (χ1v) is 10.6. The third-order valence-corrected chi connectivity index (χ3v) is 6.08. The largest absolute Gasteiger partial charge is 0.490 e. The van der Waals surface area contributed by atoms with Gasteiger partial charge in [0.15, 0.2) is 5.96 Å². The fourth-order valence-corrected chi connectivity index (χ4v) is 4.22. The van der Waals surface area contributed by atoms with Crippen LogP contribution in [0.15, 0.2) is 29.3 Å². The van der Waals surface area contributed by atoms with Gasteiger partial charge in [-0.25, -0.2) is 4.98 Å². The molecule has 3 rings (SSSR count). The minimum Gasteiger partial charge on any atom is -0.490 e. The predicted octanol–water partition coefficient (Wildman–Crippen LogP) is 4.61. The Morgan fingerprint density at radius 2 is 1.96 bits per heavy atom. The molecule has 2 N–H and O–H groups in total. The third kappa shape index (κ3) is 6.62. The zero-order valence-electron chi connectivity index (χ0n) is 17.0. The van der Waals surface area contributed by atoms with Gasteiger partial charge in [0.25, 0.3) is 0 Å². The lowest BCUT2D eigenvalue weighted by Gasteiger charge is -2.17. The van der Waals surface area contributed by atoms with Crippen LogP contribution in [-0.4, -0.2) is 30.6 Å². The second-order valence-corrected chi connectivity index (χ2v) is 8.27. The van der Waals surface area contributed by atoms with Crippen LogP contribution >= 0.6 is 35.3 Å². The average molecular weight is 514 g/mol. The number of rotatable bonds is 7. The van der Waals surface area contributed by atoms with Gasteiger partial charge >= 0.3 is 0 Å².